The van der Waals surface area contributed by atoms with Gasteiger partial charge in [-0.15, -0.1) is 11.3 Å². The maximum absolute atomic E-state index is 11.9. The van der Waals surface area contributed by atoms with Gasteiger partial charge in [-0.2, -0.15) is 0 Å². The second kappa shape index (κ2) is 8.15. The number of thiazole rings is 2. The van der Waals surface area contributed by atoms with Crippen LogP contribution in [0.25, 0.3) is 0 Å². The summed E-state index contributed by atoms with van der Waals surface area (Å²) in [4.78, 5) is 27.7. The average molecular weight is 391 g/mol. The van der Waals surface area contributed by atoms with Gasteiger partial charge in [-0.05, 0) is 31.2 Å². The molecule has 0 saturated heterocycles. The summed E-state index contributed by atoms with van der Waals surface area (Å²) in [7, 11) is 1.62. The molecule has 7 nitrogen and oxygen atoms in total. The molecule has 0 saturated carbocycles. The van der Waals surface area contributed by atoms with Crippen LogP contribution in [0.5, 0.6) is 5.75 Å². The molecule has 0 aliphatic heterocycles. The van der Waals surface area contributed by atoms with Crippen molar-refractivity contribution in [3.05, 3.63) is 56.1 Å². The van der Waals surface area contributed by atoms with Crippen molar-refractivity contribution in [2.45, 2.75) is 20.1 Å². The van der Waals surface area contributed by atoms with Crippen molar-refractivity contribution in [2.24, 2.45) is 0 Å². The number of rotatable bonds is 7. The summed E-state index contributed by atoms with van der Waals surface area (Å²) in [6, 6.07) is 7.49. The van der Waals surface area contributed by atoms with E-state index in [2.05, 4.69) is 10.3 Å². The molecular formula is C17H17N3O4S2. The monoisotopic (exact) mass is 391 g/mol. The van der Waals surface area contributed by atoms with Gasteiger partial charge in [0.2, 0.25) is 0 Å². The van der Waals surface area contributed by atoms with E-state index in [-0.39, 0.29) is 18.0 Å². The Bertz CT molecular complexity index is 944. The first-order chi connectivity index (χ1) is 12.5. The summed E-state index contributed by atoms with van der Waals surface area (Å²) >= 11 is 2.48. The third-order valence-corrected chi connectivity index (χ3v) is 5.23. The van der Waals surface area contributed by atoms with Crippen LogP contribution in [0.1, 0.15) is 11.4 Å². The third kappa shape index (κ3) is 4.50. The highest BCUT2D eigenvalue weighted by Gasteiger charge is 2.11. The highest BCUT2D eigenvalue weighted by atomic mass is 32.1. The van der Waals surface area contributed by atoms with Crippen molar-refractivity contribution < 1.29 is 14.3 Å². The van der Waals surface area contributed by atoms with Crippen molar-refractivity contribution in [1.82, 2.24) is 9.55 Å². The number of ether oxygens (including phenoxy) is 2. The fourth-order valence-corrected chi connectivity index (χ4v) is 3.60. The lowest BCUT2D eigenvalue weighted by molar-refractivity contribution is -0.145. The number of benzene rings is 1. The Balaban J connectivity index is 1.53. The Kier molecular flexibility index (Phi) is 5.69. The molecule has 0 aliphatic rings. The van der Waals surface area contributed by atoms with E-state index in [1.807, 2.05) is 29.6 Å². The molecule has 26 heavy (non-hydrogen) atoms. The topological polar surface area (TPSA) is 82.4 Å². The molecule has 0 spiro atoms. The van der Waals surface area contributed by atoms with E-state index < -0.39 is 5.97 Å². The summed E-state index contributed by atoms with van der Waals surface area (Å²) in [6.45, 7) is 1.76. The molecule has 0 radical (unpaired) electrons. The average Bonchev–Trinajstić information content (AvgIpc) is 3.22. The van der Waals surface area contributed by atoms with Crippen LogP contribution in [0.15, 0.2) is 39.8 Å². The number of esters is 1. The van der Waals surface area contributed by atoms with E-state index in [4.69, 9.17) is 9.47 Å². The summed E-state index contributed by atoms with van der Waals surface area (Å²) in [5, 5.41) is 7.42. The Hall–Kier alpha value is -2.65. The number of hydrogen-bond donors (Lipinski definition) is 1. The standard InChI is InChI=1S/C17H17N3O4S2/c1-11-9-26-17(22)20(11)7-15(21)24-8-13-10-25-16(19-13)18-12-3-5-14(23-2)6-4-12/h3-6,9-10H,7-8H2,1-2H3,(H,18,19). The van der Waals surface area contributed by atoms with Gasteiger partial charge in [0.05, 0.1) is 12.8 Å². The van der Waals surface area contributed by atoms with E-state index in [1.165, 1.54) is 15.9 Å². The maximum atomic E-state index is 11.9. The number of carbonyl (C=O) groups is 1. The Morgan fingerprint density at radius 1 is 1.23 bits per heavy atom. The minimum absolute atomic E-state index is 0.0670. The number of carbonyl (C=O) groups excluding carboxylic acids is 1. The predicted molar refractivity (Wildman–Crippen MR) is 102 cm³/mol. The number of nitrogens with one attached hydrogen (secondary N) is 1. The first-order valence-electron chi connectivity index (χ1n) is 7.71. The van der Waals surface area contributed by atoms with Crippen molar-refractivity contribution in [3.8, 4) is 5.75 Å². The molecule has 1 aromatic carbocycles. The van der Waals surface area contributed by atoms with Gasteiger partial charge in [-0.3, -0.25) is 14.2 Å². The van der Waals surface area contributed by atoms with Crippen LogP contribution in [0.3, 0.4) is 0 Å². The third-order valence-electron chi connectivity index (χ3n) is 3.54. The zero-order valence-corrected chi connectivity index (χ0v) is 15.9. The lowest BCUT2D eigenvalue weighted by atomic mass is 10.3. The largest absolute Gasteiger partial charge is 0.497 e. The second-order valence-corrected chi connectivity index (χ2v) is 7.07. The lowest BCUT2D eigenvalue weighted by Crippen LogP contribution is -2.22. The predicted octanol–water partition coefficient (Wildman–Crippen LogP) is 3.17. The highest BCUT2D eigenvalue weighted by molar-refractivity contribution is 7.13. The molecule has 9 heteroatoms. The van der Waals surface area contributed by atoms with Crippen LogP contribution in [-0.2, 0) is 22.7 Å². The SMILES string of the molecule is COc1ccc(Nc2nc(COC(=O)Cn3c(C)csc3=O)cs2)cc1. The van der Waals surface area contributed by atoms with Gasteiger partial charge >= 0.3 is 10.8 Å². The molecule has 1 N–H and O–H groups in total. The van der Waals surface area contributed by atoms with Crippen LogP contribution < -0.4 is 14.9 Å². The minimum atomic E-state index is -0.466. The van der Waals surface area contributed by atoms with Gasteiger partial charge in [0.15, 0.2) is 5.13 Å². The molecule has 0 atom stereocenters. The lowest BCUT2D eigenvalue weighted by Gasteiger charge is -2.05. The number of nitrogens with zero attached hydrogens (tertiary/aromatic N) is 2. The number of anilines is 2. The van der Waals surface area contributed by atoms with Crippen molar-refractivity contribution in [3.63, 3.8) is 0 Å². The van der Waals surface area contributed by atoms with Gasteiger partial charge in [0.1, 0.15) is 18.9 Å². The van der Waals surface area contributed by atoms with Crippen molar-refractivity contribution in [2.75, 3.05) is 12.4 Å². The van der Waals surface area contributed by atoms with Gasteiger partial charge in [0.25, 0.3) is 0 Å². The van der Waals surface area contributed by atoms with Crippen LogP contribution in [0.4, 0.5) is 10.8 Å². The van der Waals surface area contributed by atoms with E-state index in [1.54, 1.807) is 19.4 Å². The molecule has 0 aliphatic carbocycles. The Morgan fingerprint density at radius 2 is 2.00 bits per heavy atom. The van der Waals surface area contributed by atoms with E-state index in [0.717, 1.165) is 28.5 Å². The van der Waals surface area contributed by atoms with Crippen molar-refractivity contribution >= 4 is 39.5 Å². The highest BCUT2D eigenvalue weighted by Crippen LogP contribution is 2.23. The molecule has 2 heterocycles. The smallest absolute Gasteiger partial charge is 0.326 e. The first kappa shape index (κ1) is 18.2. The normalized spacial score (nSPS) is 10.5. The van der Waals surface area contributed by atoms with Gasteiger partial charge in [-0.1, -0.05) is 11.3 Å². The fraction of sp³-hybridized carbons (Fsp3) is 0.235. The van der Waals surface area contributed by atoms with Gasteiger partial charge < -0.3 is 14.8 Å². The minimum Gasteiger partial charge on any atom is -0.497 e. The molecule has 0 unspecified atom stereocenters. The van der Waals surface area contributed by atoms with Crippen LogP contribution in [0, 0.1) is 6.92 Å². The summed E-state index contributed by atoms with van der Waals surface area (Å²) in [5.74, 6) is 0.313. The van der Waals surface area contributed by atoms with Crippen LogP contribution in [0.2, 0.25) is 0 Å². The number of aromatic nitrogens is 2. The van der Waals surface area contributed by atoms with Crippen LogP contribution >= 0.6 is 22.7 Å². The quantitative estimate of drug-likeness (QED) is 0.623. The van der Waals surface area contributed by atoms with Gasteiger partial charge in [-0.25, -0.2) is 4.98 Å². The van der Waals surface area contributed by atoms with E-state index >= 15 is 0 Å². The number of methoxy groups -OCH3 is 1. The summed E-state index contributed by atoms with van der Waals surface area (Å²) < 4.78 is 11.7. The molecule has 0 fully saturated rings. The van der Waals surface area contributed by atoms with E-state index in [9.17, 15) is 9.59 Å². The summed E-state index contributed by atoms with van der Waals surface area (Å²) in [6.07, 6.45) is 0. The molecule has 3 aromatic rings. The molecule has 0 amide bonds. The summed E-state index contributed by atoms with van der Waals surface area (Å²) in [5.41, 5.74) is 2.28. The second-order valence-electron chi connectivity index (χ2n) is 5.39. The van der Waals surface area contributed by atoms with Crippen LogP contribution in [-0.4, -0.2) is 22.6 Å². The Labute approximate surface area is 157 Å². The molecule has 136 valence electrons. The Morgan fingerprint density at radius 3 is 2.65 bits per heavy atom. The number of aryl methyl sites for hydroxylation is 1. The zero-order valence-electron chi connectivity index (χ0n) is 14.2. The van der Waals surface area contributed by atoms with Gasteiger partial charge in [0, 0.05) is 22.1 Å². The molecule has 3 rings (SSSR count). The number of hydrogen-bond acceptors (Lipinski definition) is 8. The zero-order chi connectivity index (χ0) is 18.5. The van der Waals surface area contributed by atoms with Crippen molar-refractivity contribution in [1.29, 1.82) is 0 Å². The fourth-order valence-electron chi connectivity index (χ4n) is 2.15. The molecular weight excluding hydrogens is 374 g/mol. The molecule has 2 aromatic heterocycles. The maximum Gasteiger partial charge on any atom is 0.326 e. The first-order valence-corrected chi connectivity index (χ1v) is 9.47. The van der Waals surface area contributed by atoms with E-state index in [0.29, 0.717) is 10.8 Å². The molecule has 0 bridgehead atoms.